The molecule has 2 aromatic rings. The van der Waals surface area contributed by atoms with Gasteiger partial charge >= 0.3 is 0 Å². The Bertz CT molecular complexity index is 1040. The summed E-state index contributed by atoms with van der Waals surface area (Å²) < 4.78 is 5.58. The zero-order chi connectivity index (χ0) is 19.5. The van der Waals surface area contributed by atoms with Gasteiger partial charge in [-0.15, -0.1) is 0 Å². The van der Waals surface area contributed by atoms with Crippen molar-refractivity contribution in [3.63, 3.8) is 0 Å². The van der Waals surface area contributed by atoms with Crippen LogP contribution in [-0.2, 0) is 4.79 Å². The van der Waals surface area contributed by atoms with Crippen LogP contribution in [0, 0.1) is 0 Å². The first-order valence-corrected chi connectivity index (χ1v) is 8.47. The lowest BCUT2D eigenvalue weighted by Crippen LogP contribution is -2.21. The highest BCUT2D eigenvalue weighted by Gasteiger charge is 2.39. The van der Waals surface area contributed by atoms with E-state index < -0.39 is 17.3 Å². The van der Waals surface area contributed by atoms with Gasteiger partial charge in [0, 0.05) is 35.1 Å². The molecule has 1 aliphatic heterocycles. The molecule has 2 aromatic carbocycles. The number of fused-ring (bicyclic) bond motifs is 3. The molecule has 0 radical (unpaired) electrons. The van der Waals surface area contributed by atoms with E-state index in [4.69, 9.17) is 4.74 Å². The average Bonchev–Trinajstić information content (AvgIpc) is 3.00. The van der Waals surface area contributed by atoms with E-state index in [0.717, 1.165) is 12.1 Å². The van der Waals surface area contributed by atoms with Crippen molar-refractivity contribution in [3.05, 3.63) is 46.0 Å². The fourth-order valence-electron chi connectivity index (χ4n) is 3.76. The van der Waals surface area contributed by atoms with Gasteiger partial charge < -0.3 is 24.9 Å². The maximum absolute atomic E-state index is 12.9. The summed E-state index contributed by atoms with van der Waals surface area (Å²) in [5.74, 6) is -2.49. The van der Waals surface area contributed by atoms with Gasteiger partial charge in [-0.1, -0.05) is 0 Å². The summed E-state index contributed by atoms with van der Waals surface area (Å²) in [6.45, 7) is 1.71. The number of ether oxygens (including phenoxy) is 1. The Morgan fingerprint density at radius 3 is 2.48 bits per heavy atom. The topological polar surface area (TPSA) is 121 Å². The molecule has 0 fully saturated rings. The number of carbonyl (C=O) groups is 3. The molecule has 27 heavy (non-hydrogen) atoms. The maximum Gasteiger partial charge on any atom is 0.201 e. The third kappa shape index (κ3) is 2.46. The van der Waals surface area contributed by atoms with Gasteiger partial charge in [0.05, 0.1) is 17.7 Å². The second-order valence-corrected chi connectivity index (χ2v) is 6.85. The monoisotopic (exact) mass is 368 g/mol. The van der Waals surface area contributed by atoms with Gasteiger partial charge in [0.1, 0.15) is 28.8 Å². The number of carbonyl (C=O) groups excluding carboxylic acids is 3. The maximum atomic E-state index is 12.9. The largest absolute Gasteiger partial charge is 0.508 e. The molecule has 0 spiro atoms. The van der Waals surface area contributed by atoms with Crippen molar-refractivity contribution >= 4 is 17.3 Å². The first kappa shape index (κ1) is 17.1. The number of hydrogen-bond donors (Lipinski definition) is 3. The molecule has 0 saturated heterocycles. The van der Waals surface area contributed by atoms with Crippen LogP contribution in [0.3, 0.4) is 0 Å². The Labute approximate surface area is 153 Å². The SMILES string of the molecule is CC(=O)CCC1COc2cc3c(c(O)c21)C(=O)c1c(O)cc(O)cc1C3=O. The number of phenols is 3. The van der Waals surface area contributed by atoms with Crippen LogP contribution >= 0.6 is 0 Å². The van der Waals surface area contributed by atoms with Crippen LogP contribution in [0.5, 0.6) is 23.0 Å². The molecule has 1 atom stereocenters. The highest BCUT2D eigenvalue weighted by Crippen LogP contribution is 2.48. The van der Waals surface area contributed by atoms with Crippen LogP contribution in [0.15, 0.2) is 18.2 Å². The van der Waals surface area contributed by atoms with E-state index in [0.29, 0.717) is 24.2 Å². The minimum absolute atomic E-state index is 0.00538. The fourth-order valence-corrected chi connectivity index (χ4v) is 3.76. The summed E-state index contributed by atoms with van der Waals surface area (Å²) in [5, 5.41) is 30.5. The molecule has 7 nitrogen and oxygen atoms in total. The number of rotatable bonds is 3. The van der Waals surface area contributed by atoms with E-state index in [-0.39, 0.29) is 52.1 Å². The van der Waals surface area contributed by atoms with Gasteiger partial charge in [0.15, 0.2) is 5.78 Å². The van der Waals surface area contributed by atoms with Crippen molar-refractivity contribution in [3.8, 4) is 23.0 Å². The van der Waals surface area contributed by atoms with Crippen LogP contribution in [0.2, 0.25) is 0 Å². The average molecular weight is 368 g/mol. The summed E-state index contributed by atoms with van der Waals surface area (Å²) in [4.78, 5) is 37.0. The van der Waals surface area contributed by atoms with Crippen molar-refractivity contribution in [1.29, 1.82) is 0 Å². The molecular formula is C20H16O7. The second-order valence-electron chi connectivity index (χ2n) is 6.85. The van der Waals surface area contributed by atoms with E-state index in [2.05, 4.69) is 0 Å². The van der Waals surface area contributed by atoms with E-state index in [1.54, 1.807) is 0 Å². The predicted molar refractivity (Wildman–Crippen MR) is 92.9 cm³/mol. The Morgan fingerprint density at radius 1 is 1.07 bits per heavy atom. The number of benzene rings is 2. The summed E-state index contributed by atoms with van der Waals surface area (Å²) in [7, 11) is 0. The van der Waals surface area contributed by atoms with Gasteiger partial charge in [-0.25, -0.2) is 0 Å². The number of phenolic OH excluding ortho intramolecular Hbond substituents is 3. The third-order valence-corrected chi connectivity index (χ3v) is 5.04. The summed E-state index contributed by atoms with van der Waals surface area (Å²) in [6, 6.07) is 3.49. The van der Waals surface area contributed by atoms with E-state index in [9.17, 15) is 29.7 Å². The lowest BCUT2D eigenvalue weighted by Gasteiger charge is -2.21. The zero-order valence-electron chi connectivity index (χ0n) is 14.4. The number of ketones is 3. The van der Waals surface area contributed by atoms with E-state index >= 15 is 0 Å². The molecule has 1 unspecified atom stereocenters. The van der Waals surface area contributed by atoms with Crippen LogP contribution in [-0.4, -0.2) is 39.3 Å². The Hall–Kier alpha value is -3.35. The third-order valence-electron chi connectivity index (χ3n) is 5.04. The molecule has 0 bridgehead atoms. The predicted octanol–water partition coefficient (Wildman–Crippen LogP) is 2.42. The van der Waals surface area contributed by atoms with Crippen LogP contribution in [0.1, 0.15) is 63.1 Å². The number of Topliss-reactive ketones (excluding diaryl/α,β-unsaturated/α-hetero) is 1. The molecular weight excluding hydrogens is 352 g/mol. The van der Waals surface area contributed by atoms with Crippen molar-refractivity contribution in [1.82, 2.24) is 0 Å². The molecule has 3 N–H and O–H groups in total. The van der Waals surface area contributed by atoms with Crippen molar-refractivity contribution in [2.45, 2.75) is 25.7 Å². The molecule has 0 saturated carbocycles. The minimum Gasteiger partial charge on any atom is -0.508 e. The lowest BCUT2D eigenvalue weighted by molar-refractivity contribution is -0.117. The van der Waals surface area contributed by atoms with Gasteiger partial charge in [-0.05, 0) is 25.5 Å². The van der Waals surface area contributed by atoms with Crippen molar-refractivity contribution in [2.24, 2.45) is 0 Å². The molecule has 0 amide bonds. The van der Waals surface area contributed by atoms with Crippen molar-refractivity contribution in [2.75, 3.05) is 6.61 Å². The standard InChI is InChI=1S/C20H16O7/c1-8(21)2-3-9-7-27-14-6-12-17(19(25)15(9)14)20(26)16-11(18(12)24)4-10(22)5-13(16)23/h4-6,9,22-23,25H,2-3,7H2,1H3. The van der Waals surface area contributed by atoms with E-state index in [1.807, 2.05) is 0 Å². The molecule has 1 aliphatic carbocycles. The fraction of sp³-hybridized carbons (Fsp3) is 0.250. The number of aromatic hydroxyl groups is 3. The lowest BCUT2D eigenvalue weighted by atomic mass is 9.80. The molecule has 7 heteroatoms. The summed E-state index contributed by atoms with van der Waals surface area (Å²) in [6.07, 6.45) is 0.756. The molecule has 2 aliphatic rings. The van der Waals surface area contributed by atoms with Gasteiger partial charge in [-0.3, -0.25) is 9.59 Å². The molecule has 138 valence electrons. The quantitative estimate of drug-likeness (QED) is 0.649. The Kier molecular flexibility index (Phi) is 3.69. The molecule has 4 rings (SSSR count). The molecule has 1 heterocycles. The minimum atomic E-state index is -0.699. The van der Waals surface area contributed by atoms with E-state index in [1.165, 1.54) is 13.0 Å². The Balaban J connectivity index is 1.88. The zero-order valence-corrected chi connectivity index (χ0v) is 14.4. The van der Waals surface area contributed by atoms with Crippen molar-refractivity contribution < 1.29 is 34.4 Å². The van der Waals surface area contributed by atoms with Gasteiger partial charge in [-0.2, -0.15) is 0 Å². The summed E-state index contributed by atoms with van der Waals surface area (Å²) in [5.41, 5.74) is -0.209. The highest BCUT2D eigenvalue weighted by atomic mass is 16.5. The Morgan fingerprint density at radius 2 is 1.78 bits per heavy atom. The summed E-state index contributed by atoms with van der Waals surface area (Å²) >= 11 is 0. The molecule has 0 aromatic heterocycles. The smallest absolute Gasteiger partial charge is 0.201 e. The van der Waals surface area contributed by atoms with Crippen LogP contribution in [0.25, 0.3) is 0 Å². The van der Waals surface area contributed by atoms with Gasteiger partial charge in [0.2, 0.25) is 5.78 Å². The second kappa shape index (κ2) is 5.84. The first-order chi connectivity index (χ1) is 12.8. The van der Waals surface area contributed by atoms with Gasteiger partial charge in [0.25, 0.3) is 0 Å². The first-order valence-electron chi connectivity index (χ1n) is 8.47. The highest BCUT2D eigenvalue weighted by molar-refractivity contribution is 6.30. The van der Waals surface area contributed by atoms with Crippen LogP contribution in [0.4, 0.5) is 0 Å². The van der Waals surface area contributed by atoms with Crippen LogP contribution < -0.4 is 4.74 Å². The normalized spacial score (nSPS) is 17.1. The number of hydrogen-bond acceptors (Lipinski definition) is 7.